The second kappa shape index (κ2) is 22.1. The van der Waals surface area contributed by atoms with Gasteiger partial charge in [-0.15, -0.1) is 0 Å². The van der Waals surface area contributed by atoms with Crippen molar-refractivity contribution in [2.45, 2.75) is 32.6 Å². The molecule has 1 aliphatic carbocycles. The smallest absolute Gasteiger partial charge is 0.197 e. The Labute approximate surface area is 461 Å². The van der Waals surface area contributed by atoms with E-state index < -0.39 is 0 Å². The van der Waals surface area contributed by atoms with Crippen molar-refractivity contribution < 1.29 is 0 Å². The summed E-state index contributed by atoms with van der Waals surface area (Å²) in [5, 5.41) is 3.95. The van der Waals surface area contributed by atoms with Crippen LogP contribution in [0.5, 0.6) is 0 Å². The molecule has 0 bridgehead atoms. The van der Waals surface area contributed by atoms with Gasteiger partial charge in [-0.2, -0.15) is 0 Å². The first kappa shape index (κ1) is 49.5. The zero-order chi connectivity index (χ0) is 52.8. The lowest BCUT2D eigenvalue weighted by Crippen LogP contribution is -2.43. The molecule has 0 fully saturated rings. The van der Waals surface area contributed by atoms with E-state index in [9.17, 15) is 0 Å². The van der Waals surface area contributed by atoms with Gasteiger partial charge in [0, 0.05) is 57.3 Å². The molecule has 3 nitrogen and oxygen atoms in total. The van der Waals surface area contributed by atoms with Crippen molar-refractivity contribution in [1.82, 2.24) is 0 Å². The molecule has 375 valence electrons. The molecular formula is C74H61BN3. The number of benzene rings is 10. The number of rotatable bonds is 14. The van der Waals surface area contributed by atoms with Crippen LogP contribution in [0.4, 0.5) is 34.1 Å². The molecule has 0 spiro atoms. The first-order valence-electron chi connectivity index (χ1n) is 27.2. The third-order valence-corrected chi connectivity index (χ3v) is 15.4. The minimum absolute atomic E-state index is 0.132. The van der Waals surface area contributed by atoms with Crippen molar-refractivity contribution in [3.8, 4) is 44.5 Å². The van der Waals surface area contributed by atoms with Gasteiger partial charge in [0.15, 0.2) is 7.28 Å². The van der Waals surface area contributed by atoms with Crippen molar-refractivity contribution >= 4 is 57.9 Å². The van der Waals surface area contributed by atoms with E-state index in [2.05, 4.69) is 328 Å². The Morgan fingerprint density at radius 3 is 1.74 bits per heavy atom. The van der Waals surface area contributed by atoms with Gasteiger partial charge in [-0.3, -0.25) is 0 Å². The lowest BCUT2D eigenvalue weighted by atomic mass is 9.57. The number of nitrogens with one attached hydrogen (secondary N) is 1. The molecule has 1 unspecified atom stereocenters. The third-order valence-electron chi connectivity index (χ3n) is 15.4. The van der Waals surface area contributed by atoms with E-state index in [-0.39, 0.29) is 5.41 Å². The Bertz CT molecular complexity index is 3850. The lowest BCUT2D eigenvalue weighted by molar-refractivity contribution is 0.595. The van der Waals surface area contributed by atoms with Crippen LogP contribution in [0.3, 0.4) is 0 Å². The van der Waals surface area contributed by atoms with Crippen LogP contribution in [-0.4, -0.2) is 13.8 Å². The number of hydrogen-bond acceptors (Lipinski definition) is 3. The summed E-state index contributed by atoms with van der Waals surface area (Å²) in [5.74, 6) is 0. The van der Waals surface area contributed by atoms with E-state index in [4.69, 9.17) is 0 Å². The van der Waals surface area contributed by atoms with Crippen molar-refractivity contribution in [3.05, 3.63) is 308 Å². The minimum Gasteiger partial charge on any atom is -0.355 e. The Kier molecular flexibility index (Phi) is 14.0. The number of anilines is 6. The molecule has 0 saturated carbocycles. The van der Waals surface area contributed by atoms with Crippen molar-refractivity contribution in [2.24, 2.45) is 0 Å². The maximum absolute atomic E-state index is 3.95. The van der Waals surface area contributed by atoms with Gasteiger partial charge >= 0.3 is 0 Å². The van der Waals surface area contributed by atoms with Gasteiger partial charge in [0.2, 0.25) is 0 Å². The zero-order valence-electron chi connectivity index (χ0n) is 44.5. The van der Waals surface area contributed by atoms with Crippen LogP contribution in [0.1, 0.15) is 37.0 Å². The van der Waals surface area contributed by atoms with Gasteiger partial charge in [-0.1, -0.05) is 242 Å². The minimum atomic E-state index is -0.132. The highest BCUT2D eigenvalue weighted by Crippen LogP contribution is 2.43. The average molecular weight is 1000 g/mol. The van der Waals surface area contributed by atoms with Crippen LogP contribution in [0.25, 0.3) is 50.1 Å². The molecule has 10 aromatic rings. The second-order valence-corrected chi connectivity index (χ2v) is 20.6. The number of fused-ring (bicyclic) bond motifs is 2. The van der Waals surface area contributed by atoms with Crippen LogP contribution < -0.4 is 26.0 Å². The van der Waals surface area contributed by atoms with E-state index in [1.54, 1.807) is 0 Å². The van der Waals surface area contributed by atoms with Crippen molar-refractivity contribution in [3.63, 3.8) is 0 Å². The molecule has 10 aromatic carbocycles. The van der Waals surface area contributed by atoms with Crippen LogP contribution in [0.2, 0.25) is 0 Å². The molecule has 4 heteroatoms. The topological polar surface area (TPSA) is 18.5 Å². The average Bonchev–Trinajstić information content (AvgIpc) is 3.62. The molecule has 2 aliphatic rings. The zero-order valence-corrected chi connectivity index (χ0v) is 44.5. The highest BCUT2D eigenvalue weighted by molar-refractivity contribution is 6.73. The first-order chi connectivity index (χ1) is 38.4. The molecule has 1 aliphatic heterocycles. The lowest BCUT2D eigenvalue weighted by Gasteiger charge is -2.35. The van der Waals surface area contributed by atoms with E-state index in [1.807, 2.05) is 0 Å². The molecule has 1 heterocycles. The van der Waals surface area contributed by atoms with Gasteiger partial charge in [0.1, 0.15) is 0 Å². The quantitative estimate of drug-likeness (QED) is 0.0865. The van der Waals surface area contributed by atoms with Gasteiger partial charge in [0.25, 0.3) is 0 Å². The Morgan fingerprint density at radius 2 is 1.13 bits per heavy atom. The van der Waals surface area contributed by atoms with Gasteiger partial charge in [-0.25, -0.2) is 0 Å². The summed E-state index contributed by atoms with van der Waals surface area (Å²) >= 11 is 0. The number of aryl methyl sites for hydroxylation is 1. The number of nitrogens with zero attached hydrogens (tertiary/aromatic N) is 2. The fraction of sp³-hybridized carbons (Fsp3) is 0.0811. The first-order valence-corrected chi connectivity index (χ1v) is 27.2. The molecule has 12 rings (SSSR count). The van der Waals surface area contributed by atoms with Gasteiger partial charge in [-0.05, 0) is 142 Å². The Morgan fingerprint density at radius 1 is 0.564 bits per heavy atom. The summed E-state index contributed by atoms with van der Waals surface area (Å²) in [6.45, 7) is 7.38. The molecular weight excluding hydrogens is 942 g/mol. The van der Waals surface area contributed by atoms with Crippen molar-refractivity contribution in [1.29, 1.82) is 0 Å². The molecule has 0 saturated heterocycles. The summed E-state index contributed by atoms with van der Waals surface area (Å²) in [5.41, 5.74) is 24.2. The van der Waals surface area contributed by atoms with Gasteiger partial charge < -0.3 is 15.1 Å². The highest BCUT2D eigenvalue weighted by atomic mass is 15.2. The number of allylic oxidation sites excluding steroid dienone is 6. The molecule has 1 atom stereocenters. The van der Waals surface area contributed by atoms with E-state index in [0.717, 1.165) is 46.0 Å². The van der Waals surface area contributed by atoms with E-state index >= 15 is 0 Å². The summed E-state index contributed by atoms with van der Waals surface area (Å²) in [7, 11) is 2.43. The van der Waals surface area contributed by atoms with E-state index in [1.165, 1.54) is 77.9 Å². The fourth-order valence-electron chi connectivity index (χ4n) is 11.2. The molecule has 0 aromatic heterocycles. The van der Waals surface area contributed by atoms with Gasteiger partial charge in [0.05, 0.1) is 0 Å². The predicted molar refractivity (Wildman–Crippen MR) is 335 cm³/mol. The molecule has 78 heavy (non-hydrogen) atoms. The number of hydrogen-bond donors (Lipinski definition) is 1. The molecule has 1 radical (unpaired) electrons. The van der Waals surface area contributed by atoms with Crippen molar-refractivity contribution in [2.75, 3.05) is 21.7 Å². The SMILES string of the molecule is C/C=C(\C=C/CN1c2ccc(-c3ccccc3)cc2[B]c2c(-c3cc(N(C4=CCC(C)(c5ccccc5)C=C4)c4ccc(-c5ccccc5)cc4)ccc3Nc3ccc(-c4ccccc4)cc3)cc(C)cc21)c1ccccc1. The second-order valence-electron chi connectivity index (χ2n) is 20.6. The van der Waals surface area contributed by atoms with Crippen LogP contribution >= 0.6 is 0 Å². The summed E-state index contributed by atoms with van der Waals surface area (Å²) in [6.07, 6.45) is 14.8. The standard InChI is InChI=1S/C74H61BN3/c1-4-54(55-21-10-5-11-22-55)29-20-48-77-71-43-36-61(58-27-16-8-17-28-58)51-69(71)75-73-68(49-53(2)50-72(73)77)67-52-66(41-42-70(67)76-63-37-32-59(33-38-63)56-23-12-6-13-24-56)78(64-39-34-60(35-40-64)57-25-14-7-15-26-57)65-44-46-74(3,47-45-65)62-30-18-9-19-31-62/h4-46,49-52,76H,47-48H2,1-3H3/b29-20-,54-4+. The monoisotopic (exact) mass is 1000 g/mol. The Balaban J connectivity index is 1.02. The third kappa shape index (κ3) is 10.3. The Hall–Kier alpha value is -9.38. The summed E-state index contributed by atoms with van der Waals surface area (Å²) in [4.78, 5) is 4.94. The van der Waals surface area contributed by atoms with Crippen LogP contribution in [0, 0.1) is 6.92 Å². The maximum atomic E-state index is 3.95. The van der Waals surface area contributed by atoms with E-state index in [0.29, 0.717) is 6.54 Å². The predicted octanol–water partition coefficient (Wildman–Crippen LogP) is 18.1. The largest absolute Gasteiger partial charge is 0.355 e. The van der Waals surface area contributed by atoms with Crippen LogP contribution in [-0.2, 0) is 5.41 Å². The fourth-order valence-corrected chi connectivity index (χ4v) is 11.2. The normalized spacial score (nSPS) is 14.8. The molecule has 0 amide bonds. The summed E-state index contributed by atoms with van der Waals surface area (Å²) in [6, 6.07) is 90.1. The molecule has 1 N–H and O–H groups in total. The highest BCUT2D eigenvalue weighted by Gasteiger charge is 2.30. The van der Waals surface area contributed by atoms with Crippen LogP contribution in [0.15, 0.2) is 291 Å². The maximum Gasteiger partial charge on any atom is 0.197 e. The summed E-state index contributed by atoms with van der Waals surface area (Å²) < 4.78 is 0.